The molecule has 162 valence electrons. The van der Waals surface area contributed by atoms with Crippen LogP contribution in [0.4, 0.5) is 10.1 Å². The van der Waals surface area contributed by atoms with E-state index in [9.17, 15) is 22.4 Å². The number of carbonyl (C=O) groups excluding carboxylic acids is 1. The Morgan fingerprint density at radius 1 is 1.13 bits per heavy atom. The first-order chi connectivity index (χ1) is 14.7. The van der Waals surface area contributed by atoms with Gasteiger partial charge in [0.15, 0.2) is 10.1 Å². The van der Waals surface area contributed by atoms with Gasteiger partial charge in [-0.25, -0.2) is 17.8 Å². The summed E-state index contributed by atoms with van der Waals surface area (Å²) in [7, 11) is -4.03. The van der Waals surface area contributed by atoms with Crippen LogP contribution >= 0.6 is 11.8 Å². The number of benzene rings is 2. The zero-order chi connectivity index (χ0) is 22.6. The topological polar surface area (TPSA) is 109 Å². The average molecular weight is 462 g/mol. The normalized spacial score (nSPS) is 11.5. The second kappa shape index (κ2) is 9.44. The molecule has 7 nitrogen and oxygen atoms in total. The number of halogens is 1. The van der Waals surface area contributed by atoms with Gasteiger partial charge in [0.05, 0.1) is 16.8 Å². The smallest absolute Gasteiger partial charge is 0.270 e. The molecule has 0 aliphatic heterocycles. The second-order valence-corrected chi connectivity index (χ2v) is 9.83. The number of aromatic amines is 1. The first kappa shape index (κ1) is 22.7. The number of aromatic nitrogens is 2. The van der Waals surface area contributed by atoms with Crippen molar-refractivity contribution in [3.05, 3.63) is 76.5 Å². The van der Waals surface area contributed by atoms with Gasteiger partial charge in [0, 0.05) is 5.69 Å². The van der Waals surface area contributed by atoms with Crippen LogP contribution in [-0.4, -0.2) is 30.0 Å². The van der Waals surface area contributed by atoms with Gasteiger partial charge in [0.2, 0.25) is 15.7 Å². The van der Waals surface area contributed by atoms with E-state index in [4.69, 9.17) is 0 Å². The van der Waals surface area contributed by atoms with E-state index >= 15 is 0 Å². The van der Waals surface area contributed by atoms with Gasteiger partial charge in [-0.1, -0.05) is 37.7 Å². The molecule has 3 rings (SSSR count). The second-order valence-electron chi connectivity index (χ2n) is 6.95. The number of hydrogen-bond acceptors (Lipinski definition) is 6. The molecule has 3 aromatic rings. The number of H-pyrrole nitrogens is 1. The minimum atomic E-state index is -4.03. The van der Waals surface area contributed by atoms with Gasteiger partial charge in [-0.2, -0.15) is 0 Å². The highest BCUT2D eigenvalue weighted by Crippen LogP contribution is 2.22. The number of sulfone groups is 1. The standard InChI is InChI=1S/C21H20FN3O4S2/c1-13(2)14-3-9-17(10-4-14)31(28,29)18-11-23-21(25-20(18)27)30-12-19(26)24-16-7-5-15(22)6-8-16/h3-11,13H,12H2,1-2H3,(H,24,26)(H,23,25,27). The van der Waals surface area contributed by atoms with Gasteiger partial charge < -0.3 is 10.3 Å². The molecule has 0 aliphatic carbocycles. The number of carbonyl (C=O) groups is 1. The number of thioether (sulfide) groups is 1. The van der Waals surface area contributed by atoms with Crippen LogP contribution in [0.3, 0.4) is 0 Å². The molecule has 0 radical (unpaired) electrons. The van der Waals surface area contributed by atoms with E-state index < -0.39 is 26.1 Å². The highest BCUT2D eigenvalue weighted by molar-refractivity contribution is 7.99. The zero-order valence-corrected chi connectivity index (χ0v) is 18.4. The van der Waals surface area contributed by atoms with E-state index in [1.807, 2.05) is 13.8 Å². The molecule has 0 bridgehead atoms. The van der Waals surface area contributed by atoms with Gasteiger partial charge in [-0.3, -0.25) is 9.59 Å². The van der Waals surface area contributed by atoms with Gasteiger partial charge >= 0.3 is 0 Å². The van der Waals surface area contributed by atoms with E-state index in [1.165, 1.54) is 36.4 Å². The van der Waals surface area contributed by atoms with Crippen LogP contribution < -0.4 is 10.9 Å². The Balaban J connectivity index is 1.69. The van der Waals surface area contributed by atoms with Gasteiger partial charge in [-0.05, 0) is 47.9 Å². The molecule has 10 heteroatoms. The van der Waals surface area contributed by atoms with Crippen molar-refractivity contribution in [2.45, 2.75) is 34.7 Å². The highest BCUT2D eigenvalue weighted by atomic mass is 32.2. The lowest BCUT2D eigenvalue weighted by molar-refractivity contribution is -0.113. The van der Waals surface area contributed by atoms with Crippen molar-refractivity contribution < 1.29 is 17.6 Å². The van der Waals surface area contributed by atoms with E-state index in [0.29, 0.717) is 5.69 Å². The summed E-state index contributed by atoms with van der Waals surface area (Å²) in [4.78, 5) is 30.3. The minimum absolute atomic E-state index is 0.00304. The van der Waals surface area contributed by atoms with Crippen LogP contribution in [0.1, 0.15) is 25.3 Å². The van der Waals surface area contributed by atoms with Gasteiger partial charge in [0.25, 0.3) is 5.56 Å². The van der Waals surface area contributed by atoms with Crippen LogP contribution in [0.15, 0.2) is 74.5 Å². The van der Waals surface area contributed by atoms with Gasteiger partial charge in [0.1, 0.15) is 5.82 Å². The summed E-state index contributed by atoms with van der Waals surface area (Å²) in [6.07, 6.45) is 0.991. The molecule has 0 saturated heterocycles. The van der Waals surface area contributed by atoms with Crippen molar-refractivity contribution in [3.63, 3.8) is 0 Å². The van der Waals surface area contributed by atoms with Crippen molar-refractivity contribution in [1.82, 2.24) is 9.97 Å². The molecule has 2 aromatic carbocycles. The Kier molecular flexibility index (Phi) is 6.91. The fourth-order valence-corrected chi connectivity index (χ4v) is 4.52. The molecule has 0 fully saturated rings. The van der Waals surface area contributed by atoms with Crippen molar-refractivity contribution in [1.29, 1.82) is 0 Å². The van der Waals surface area contributed by atoms with Crippen molar-refractivity contribution in [2.24, 2.45) is 0 Å². The Bertz CT molecular complexity index is 1240. The monoisotopic (exact) mass is 461 g/mol. The summed E-state index contributed by atoms with van der Waals surface area (Å²) in [6.45, 7) is 3.99. The molecule has 0 unspecified atom stereocenters. The average Bonchev–Trinajstić information content (AvgIpc) is 2.74. The Labute approximate surface area is 183 Å². The maximum Gasteiger partial charge on any atom is 0.270 e. The summed E-state index contributed by atoms with van der Waals surface area (Å²) in [5, 5.41) is 2.69. The molecule has 31 heavy (non-hydrogen) atoms. The van der Waals surface area contributed by atoms with Crippen molar-refractivity contribution in [2.75, 3.05) is 11.1 Å². The lowest BCUT2D eigenvalue weighted by atomic mass is 10.0. The third kappa shape index (κ3) is 5.59. The largest absolute Gasteiger partial charge is 0.325 e. The fraction of sp³-hybridized carbons (Fsp3) is 0.190. The third-order valence-electron chi connectivity index (χ3n) is 4.36. The van der Waals surface area contributed by atoms with Crippen LogP contribution in [0.2, 0.25) is 0 Å². The van der Waals surface area contributed by atoms with Crippen molar-refractivity contribution >= 4 is 33.2 Å². The van der Waals surface area contributed by atoms with Crippen LogP contribution in [0.25, 0.3) is 0 Å². The Morgan fingerprint density at radius 2 is 1.77 bits per heavy atom. The van der Waals surface area contributed by atoms with E-state index in [2.05, 4.69) is 15.3 Å². The number of rotatable bonds is 7. The van der Waals surface area contributed by atoms with Crippen molar-refractivity contribution in [3.8, 4) is 0 Å². The molecular weight excluding hydrogens is 441 g/mol. The predicted octanol–water partition coefficient (Wildman–Crippen LogP) is 3.60. The number of amides is 1. The molecular formula is C21H20FN3O4S2. The molecule has 1 amide bonds. The van der Waals surface area contributed by atoms with Crippen LogP contribution in [0.5, 0.6) is 0 Å². The molecule has 1 aromatic heterocycles. The van der Waals surface area contributed by atoms with Gasteiger partial charge in [-0.15, -0.1) is 0 Å². The van der Waals surface area contributed by atoms with E-state index in [-0.39, 0.29) is 27.6 Å². The first-order valence-electron chi connectivity index (χ1n) is 9.29. The maximum absolute atomic E-state index is 12.9. The maximum atomic E-state index is 12.9. The molecule has 0 atom stereocenters. The highest BCUT2D eigenvalue weighted by Gasteiger charge is 2.22. The Morgan fingerprint density at radius 3 is 2.35 bits per heavy atom. The number of hydrogen-bond donors (Lipinski definition) is 2. The zero-order valence-electron chi connectivity index (χ0n) is 16.8. The van der Waals surface area contributed by atoms with E-state index in [1.54, 1.807) is 12.1 Å². The van der Waals surface area contributed by atoms with Crippen LogP contribution in [-0.2, 0) is 14.6 Å². The quantitative estimate of drug-likeness (QED) is 0.411. The van der Waals surface area contributed by atoms with E-state index in [0.717, 1.165) is 23.5 Å². The SMILES string of the molecule is CC(C)c1ccc(S(=O)(=O)c2cnc(SCC(=O)Nc3ccc(F)cc3)[nH]c2=O)cc1. The van der Waals surface area contributed by atoms with Crippen LogP contribution in [0, 0.1) is 5.82 Å². The Hall–Kier alpha value is -2.98. The molecule has 2 N–H and O–H groups in total. The summed E-state index contributed by atoms with van der Waals surface area (Å²) in [6, 6.07) is 11.6. The summed E-state index contributed by atoms with van der Waals surface area (Å²) in [5.74, 6) is -0.636. The summed E-state index contributed by atoms with van der Waals surface area (Å²) in [5.41, 5.74) is 0.597. The number of nitrogens with one attached hydrogen (secondary N) is 2. The lowest BCUT2D eigenvalue weighted by Gasteiger charge is -2.08. The fourth-order valence-electron chi connectivity index (χ4n) is 2.65. The third-order valence-corrected chi connectivity index (χ3v) is 7.01. The molecule has 1 heterocycles. The summed E-state index contributed by atoms with van der Waals surface area (Å²) < 4.78 is 38.5. The lowest BCUT2D eigenvalue weighted by Crippen LogP contribution is -2.20. The minimum Gasteiger partial charge on any atom is -0.325 e. The molecule has 0 spiro atoms. The summed E-state index contributed by atoms with van der Waals surface area (Å²) >= 11 is 0.938. The first-order valence-corrected chi connectivity index (χ1v) is 11.8. The number of anilines is 1. The number of nitrogens with zero attached hydrogens (tertiary/aromatic N) is 1. The molecule has 0 aliphatic rings. The molecule has 0 saturated carbocycles. The predicted molar refractivity (Wildman–Crippen MR) is 117 cm³/mol.